The van der Waals surface area contributed by atoms with Gasteiger partial charge in [0.2, 0.25) is 0 Å². The van der Waals surface area contributed by atoms with Crippen molar-refractivity contribution in [2.45, 2.75) is 64.1 Å². The topological polar surface area (TPSA) is 42.2 Å². The van der Waals surface area contributed by atoms with Crippen molar-refractivity contribution in [1.29, 1.82) is 0 Å². The molecular formula is C14H25N3S. The molecule has 0 saturated heterocycles. The Balaban J connectivity index is 1.84. The van der Waals surface area contributed by atoms with Gasteiger partial charge in [-0.25, -0.2) is 4.98 Å². The first-order chi connectivity index (χ1) is 8.69. The fraction of sp³-hybridized carbons (Fsp3) is 0.786. The van der Waals surface area contributed by atoms with Crippen molar-refractivity contribution in [2.75, 3.05) is 7.05 Å². The van der Waals surface area contributed by atoms with E-state index in [9.17, 15) is 0 Å². The Morgan fingerprint density at radius 1 is 1.39 bits per heavy atom. The minimum atomic E-state index is 0.435. The molecule has 0 amide bonds. The third kappa shape index (κ3) is 3.77. The highest BCUT2D eigenvalue weighted by atomic mass is 32.1. The monoisotopic (exact) mass is 267 g/mol. The van der Waals surface area contributed by atoms with Crippen LogP contribution in [0.3, 0.4) is 0 Å². The van der Waals surface area contributed by atoms with Gasteiger partial charge >= 0.3 is 0 Å². The van der Waals surface area contributed by atoms with Crippen LogP contribution in [-0.2, 0) is 13.0 Å². The van der Waals surface area contributed by atoms with Crippen LogP contribution in [0.2, 0.25) is 0 Å². The standard InChI is InChI=1S/C14H25N3S/c1-3-4-14-16-12(10-18-14)9-17(2)13-7-5-11(15)6-8-13/h10-11,13H,3-9,15H2,1-2H3. The lowest BCUT2D eigenvalue weighted by molar-refractivity contribution is 0.175. The third-order valence-corrected chi connectivity index (χ3v) is 4.80. The minimum absolute atomic E-state index is 0.435. The number of nitrogens with zero attached hydrogens (tertiary/aromatic N) is 2. The summed E-state index contributed by atoms with van der Waals surface area (Å²) in [6.45, 7) is 3.19. The fourth-order valence-electron chi connectivity index (χ4n) is 2.68. The molecule has 0 aliphatic heterocycles. The second-order valence-corrected chi connectivity index (χ2v) is 6.41. The maximum atomic E-state index is 5.96. The summed E-state index contributed by atoms with van der Waals surface area (Å²) in [5.74, 6) is 0. The zero-order valence-corrected chi connectivity index (χ0v) is 12.4. The number of thiazole rings is 1. The zero-order chi connectivity index (χ0) is 13.0. The lowest BCUT2D eigenvalue weighted by Crippen LogP contribution is -2.38. The maximum absolute atomic E-state index is 5.96. The molecule has 0 radical (unpaired) electrons. The fourth-order valence-corrected chi connectivity index (χ4v) is 3.57. The van der Waals surface area contributed by atoms with Gasteiger partial charge in [0.05, 0.1) is 10.7 Å². The molecule has 3 nitrogen and oxygen atoms in total. The van der Waals surface area contributed by atoms with Gasteiger partial charge in [0.15, 0.2) is 0 Å². The van der Waals surface area contributed by atoms with Crippen LogP contribution in [0.15, 0.2) is 5.38 Å². The average molecular weight is 267 g/mol. The largest absolute Gasteiger partial charge is 0.328 e. The van der Waals surface area contributed by atoms with Crippen LogP contribution in [0.25, 0.3) is 0 Å². The summed E-state index contributed by atoms with van der Waals surface area (Å²) in [5, 5.41) is 3.50. The first-order valence-corrected chi connectivity index (χ1v) is 7.96. The van der Waals surface area contributed by atoms with Gasteiger partial charge in [0.25, 0.3) is 0 Å². The molecule has 1 aromatic heterocycles. The van der Waals surface area contributed by atoms with E-state index in [1.165, 1.54) is 42.8 Å². The summed E-state index contributed by atoms with van der Waals surface area (Å²) in [5.41, 5.74) is 7.19. The molecule has 0 unspecified atom stereocenters. The Morgan fingerprint density at radius 2 is 2.11 bits per heavy atom. The molecule has 1 aliphatic carbocycles. The van der Waals surface area contributed by atoms with Crippen molar-refractivity contribution in [3.8, 4) is 0 Å². The van der Waals surface area contributed by atoms with Crippen molar-refractivity contribution < 1.29 is 0 Å². The van der Waals surface area contributed by atoms with Gasteiger partial charge in [0, 0.05) is 24.0 Å². The van der Waals surface area contributed by atoms with Gasteiger partial charge in [-0.05, 0) is 45.6 Å². The highest BCUT2D eigenvalue weighted by Crippen LogP contribution is 2.23. The van der Waals surface area contributed by atoms with E-state index in [0.717, 1.165) is 13.0 Å². The van der Waals surface area contributed by atoms with Gasteiger partial charge < -0.3 is 5.73 Å². The number of aromatic nitrogens is 1. The van der Waals surface area contributed by atoms with Crippen LogP contribution < -0.4 is 5.73 Å². The number of aryl methyl sites for hydroxylation is 1. The van der Waals surface area contributed by atoms with Crippen LogP contribution in [-0.4, -0.2) is 29.0 Å². The SMILES string of the molecule is CCCc1nc(CN(C)C2CCC(N)CC2)cs1. The van der Waals surface area contributed by atoms with Crippen molar-refractivity contribution >= 4 is 11.3 Å². The first kappa shape index (κ1) is 14.0. The minimum Gasteiger partial charge on any atom is -0.328 e. The summed E-state index contributed by atoms with van der Waals surface area (Å²) in [6.07, 6.45) is 7.13. The first-order valence-electron chi connectivity index (χ1n) is 7.08. The molecule has 2 rings (SSSR count). The van der Waals surface area contributed by atoms with E-state index in [1.54, 1.807) is 11.3 Å². The predicted octanol–water partition coefficient (Wildman–Crippen LogP) is 2.80. The maximum Gasteiger partial charge on any atom is 0.0928 e. The molecule has 0 bridgehead atoms. The van der Waals surface area contributed by atoms with E-state index < -0.39 is 0 Å². The van der Waals surface area contributed by atoms with Crippen LogP contribution in [0, 0.1) is 0 Å². The van der Waals surface area contributed by atoms with Gasteiger partial charge in [0.1, 0.15) is 0 Å². The molecule has 1 fully saturated rings. The van der Waals surface area contributed by atoms with Crippen LogP contribution >= 0.6 is 11.3 Å². The Labute approximate surface area is 114 Å². The lowest BCUT2D eigenvalue weighted by atomic mass is 9.91. The summed E-state index contributed by atoms with van der Waals surface area (Å²) in [4.78, 5) is 7.16. The smallest absolute Gasteiger partial charge is 0.0928 e. The molecule has 0 spiro atoms. The summed E-state index contributed by atoms with van der Waals surface area (Å²) in [7, 11) is 2.22. The van der Waals surface area contributed by atoms with Crippen molar-refractivity contribution in [1.82, 2.24) is 9.88 Å². The van der Waals surface area contributed by atoms with E-state index in [1.807, 2.05) is 0 Å². The lowest BCUT2D eigenvalue weighted by Gasteiger charge is -2.33. The molecule has 4 heteroatoms. The van der Waals surface area contributed by atoms with E-state index in [4.69, 9.17) is 10.7 Å². The number of nitrogens with two attached hydrogens (primary N) is 1. The average Bonchev–Trinajstić information content (AvgIpc) is 2.78. The van der Waals surface area contributed by atoms with Gasteiger partial charge in [-0.1, -0.05) is 6.92 Å². The molecule has 102 valence electrons. The van der Waals surface area contributed by atoms with Crippen LogP contribution in [0.5, 0.6) is 0 Å². The summed E-state index contributed by atoms with van der Waals surface area (Å²) in [6, 6.07) is 1.13. The molecular weight excluding hydrogens is 242 g/mol. The predicted molar refractivity (Wildman–Crippen MR) is 77.8 cm³/mol. The van der Waals surface area contributed by atoms with Crippen LogP contribution in [0.1, 0.15) is 49.7 Å². The van der Waals surface area contributed by atoms with E-state index in [2.05, 4.69) is 24.3 Å². The quantitative estimate of drug-likeness (QED) is 0.892. The van der Waals surface area contributed by atoms with E-state index in [0.29, 0.717) is 12.1 Å². The second kappa shape index (κ2) is 6.64. The van der Waals surface area contributed by atoms with E-state index in [-0.39, 0.29) is 0 Å². The normalized spacial score (nSPS) is 24.7. The molecule has 0 atom stereocenters. The summed E-state index contributed by atoms with van der Waals surface area (Å²) < 4.78 is 0. The zero-order valence-electron chi connectivity index (χ0n) is 11.6. The van der Waals surface area contributed by atoms with Gasteiger partial charge in [-0.2, -0.15) is 0 Å². The van der Waals surface area contributed by atoms with Crippen molar-refractivity contribution in [3.63, 3.8) is 0 Å². The van der Waals surface area contributed by atoms with Gasteiger partial charge in [-0.3, -0.25) is 4.90 Å². The molecule has 1 saturated carbocycles. The highest BCUT2D eigenvalue weighted by molar-refractivity contribution is 7.09. The number of hydrogen-bond acceptors (Lipinski definition) is 4. The van der Waals surface area contributed by atoms with E-state index >= 15 is 0 Å². The Morgan fingerprint density at radius 3 is 2.78 bits per heavy atom. The molecule has 18 heavy (non-hydrogen) atoms. The van der Waals surface area contributed by atoms with Crippen molar-refractivity contribution in [2.24, 2.45) is 5.73 Å². The number of hydrogen-bond donors (Lipinski definition) is 1. The summed E-state index contributed by atoms with van der Waals surface area (Å²) >= 11 is 1.81. The number of rotatable bonds is 5. The third-order valence-electron chi connectivity index (χ3n) is 3.84. The van der Waals surface area contributed by atoms with Gasteiger partial charge in [-0.15, -0.1) is 11.3 Å². The molecule has 0 aromatic carbocycles. The molecule has 1 aliphatic rings. The Bertz CT molecular complexity index is 356. The second-order valence-electron chi connectivity index (χ2n) is 5.47. The Hall–Kier alpha value is -0.450. The molecule has 2 N–H and O–H groups in total. The van der Waals surface area contributed by atoms with Crippen LogP contribution in [0.4, 0.5) is 0 Å². The molecule has 1 heterocycles. The Kier molecular flexibility index (Phi) is 5.15. The van der Waals surface area contributed by atoms with Crippen molar-refractivity contribution in [3.05, 3.63) is 16.1 Å². The molecule has 1 aromatic rings. The highest BCUT2D eigenvalue weighted by Gasteiger charge is 2.22.